The third-order valence-corrected chi connectivity index (χ3v) is 4.59. The van der Waals surface area contributed by atoms with Gasteiger partial charge in [0.2, 0.25) is 0 Å². The standard InChI is InChI=1S/C8H18N4O3S/c1-2-11(7-8(9)10-13)16(14,15)12-5-3-4-6-12/h13H,2-7H2,1H3,(H2,9,10). The summed E-state index contributed by atoms with van der Waals surface area (Å²) in [5.74, 6) is -0.107. The quantitative estimate of drug-likeness (QED) is 0.294. The van der Waals surface area contributed by atoms with Crippen LogP contribution in [0.15, 0.2) is 5.16 Å². The second kappa shape index (κ2) is 5.46. The smallest absolute Gasteiger partial charge is 0.282 e. The fraction of sp³-hybridized carbons (Fsp3) is 0.875. The molecule has 8 heteroatoms. The molecule has 1 aliphatic rings. The van der Waals surface area contributed by atoms with E-state index in [1.165, 1.54) is 8.61 Å². The first-order valence-corrected chi connectivity index (χ1v) is 6.63. The summed E-state index contributed by atoms with van der Waals surface area (Å²) < 4.78 is 26.8. The maximum Gasteiger partial charge on any atom is 0.282 e. The summed E-state index contributed by atoms with van der Waals surface area (Å²) in [4.78, 5) is 0. The van der Waals surface area contributed by atoms with Crippen LogP contribution in [0.2, 0.25) is 0 Å². The maximum absolute atomic E-state index is 12.1. The monoisotopic (exact) mass is 250 g/mol. The van der Waals surface area contributed by atoms with E-state index in [9.17, 15) is 8.42 Å². The molecule has 1 rings (SSSR count). The summed E-state index contributed by atoms with van der Waals surface area (Å²) >= 11 is 0. The summed E-state index contributed by atoms with van der Waals surface area (Å²) in [6.45, 7) is 3.04. The Bertz CT molecular complexity index is 348. The molecule has 1 heterocycles. The summed E-state index contributed by atoms with van der Waals surface area (Å²) in [5, 5.41) is 11.2. The van der Waals surface area contributed by atoms with Gasteiger partial charge in [0.05, 0.1) is 6.54 Å². The van der Waals surface area contributed by atoms with Crippen LogP contribution >= 0.6 is 0 Å². The Morgan fingerprint density at radius 1 is 1.50 bits per heavy atom. The molecule has 94 valence electrons. The SMILES string of the molecule is CCN(CC(N)=NO)S(=O)(=O)N1CCCC1. The minimum Gasteiger partial charge on any atom is -0.409 e. The van der Waals surface area contributed by atoms with Crippen LogP contribution in [0, 0.1) is 0 Å². The van der Waals surface area contributed by atoms with Crippen molar-refractivity contribution in [2.45, 2.75) is 19.8 Å². The zero-order valence-corrected chi connectivity index (χ0v) is 10.2. The molecule has 0 aliphatic carbocycles. The maximum atomic E-state index is 12.1. The van der Waals surface area contributed by atoms with Crippen LogP contribution in [0.25, 0.3) is 0 Å². The normalized spacial score (nSPS) is 19.5. The molecule has 0 spiro atoms. The molecular formula is C8H18N4O3S. The Kier molecular flexibility index (Phi) is 4.51. The molecular weight excluding hydrogens is 232 g/mol. The molecule has 16 heavy (non-hydrogen) atoms. The van der Waals surface area contributed by atoms with Crippen LogP contribution < -0.4 is 5.73 Å². The predicted molar refractivity (Wildman–Crippen MR) is 60.4 cm³/mol. The first kappa shape index (κ1) is 13.2. The van der Waals surface area contributed by atoms with Gasteiger partial charge in [-0.25, -0.2) is 0 Å². The van der Waals surface area contributed by atoms with E-state index in [1.807, 2.05) is 0 Å². The molecule has 7 nitrogen and oxygen atoms in total. The molecule has 1 fully saturated rings. The van der Waals surface area contributed by atoms with E-state index in [0.29, 0.717) is 19.6 Å². The molecule has 3 N–H and O–H groups in total. The van der Waals surface area contributed by atoms with Gasteiger partial charge in [0, 0.05) is 19.6 Å². The van der Waals surface area contributed by atoms with Crippen molar-refractivity contribution >= 4 is 16.0 Å². The Hall–Kier alpha value is -0.860. The van der Waals surface area contributed by atoms with Gasteiger partial charge in [-0.2, -0.15) is 17.0 Å². The first-order chi connectivity index (χ1) is 7.52. The van der Waals surface area contributed by atoms with Crippen LogP contribution in [0.4, 0.5) is 0 Å². The third kappa shape index (κ3) is 2.83. The molecule has 0 bridgehead atoms. The van der Waals surface area contributed by atoms with Crippen LogP contribution in [0.3, 0.4) is 0 Å². The third-order valence-electron chi connectivity index (χ3n) is 2.54. The van der Waals surface area contributed by atoms with Crippen LogP contribution in [0.5, 0.6) is 0 Å². The average Bonchev–Trinajstić information content (AvgIpc) is 2.78. The van der Waals surface area contributed by atoms with Gasteiger partial charge < -0.3 is 10.9 Å². The number of rotatable bonds is 5. The van der Waals surface area contributed by atoms with E-state index in [2.05, 4.69) is 5.16 Å². The largest absolute Gasteiger partial charge is 0.409 e. The summed E-state index contributed by atoms with van der Waals surface area (Å²) in [7, 11) is -3.46. The van der Waals surface area contributed by atoms with E-state index in [4.69, 9.17) is 10.9 Å². The topological polar surface area (TPSA) is 99.2 Å². The zero-order chi connectivity index (χ0) is 12.2. The highest BCUT2D eigenvalue weighted by molar-refractivity contribution is 7.86. The Labute approximate surface area is 95.7 Å². The molecule has 0 aromatic heterocycles. The second-order valence-electron chi connectivity index (χ2n) is 3.63. The van der Waals surface area contributed by atoms with Gasteiger partial charge in [-0.1, -0.05) is 12.1 Å². The highest BCUT2D eigenvalue weighted by Crippen LogP contribution is 2.15. The van der Waals surface area contributed by atoms with Crippen molar-refractivity contribution in [2.75, 3.05) is 26.2 Å². The molecule has 0 unspecified atom stereocenters. The molecule has 0 amide bonds. The first-order valence-electron chi connectivity index (χ1n) is 5.24. The molecule has 0 aromatic rings. The van der Waals surface area contributed by atoms with E-state index >= 15 is 0 Å². The number of likely N-dealkylation sites (N-methyl/N-ethyl adjacent to an activating group) is 1. The summed E-state index contributed by atoms with van der Waals surface area (Å²) in [5.41, 5.74) is 5.32. The van der Waals surface area contributed by atoms with Crippen molar-refractivity contribution in [1.29, 1.82) is 0 Å². The Balaban J connectivity index is 2.77. The molecule has 0 atom stereocenters. The molecule has 1 aliphatic heterocycles. The molecule has 0 saturated carbocycles. The zero-order valence-electron chi connectivity index (χ0n) is 9.33. The van der Waals surface area contributed by atoms with Gasteiger partial charge in [-0.05, 0) is 12.8 Å². The lowest BCUT2D eigenvalue weighted by Crippen LogP contribution is -2.45. The van der Waals surface area contributed by atoms with Crippen molar-refractivity contribution < 1.29 is 13.6 Å². The van der Waals surface area contributed by atoms with Crippen molar-refractivity contribution in [2.24, 2.45) is 10.9 Å². The van der Waals surface area contributed by atoms with E-state index in [1.54, 1.807) is 6.92 Å². The van der Waals surface area contributed by atoms with Crippen LogP contribution in [0.1, 0.15) is 19.8 Å². The Morgan fingerprint density at radius 2 is 2.06 bits per heavy atom. The van der Waals surface area contributed by atoms with Gasteiger partial charge in [0.25, 0.3) is 10.2 Å². The predicted octanol–water partition coefficient (Wildman–Crippen LogP) is -0.605. The molecule has 0 radical (unpaired) electrons. The van der Waals surface area contributed by atoms with Gasteiger partial charge in [0.1, 0.15) is 0 Å². The highest BCUT2D eigenvalue weighted by Gasteiger charge is 2.31. The Morgan fingerprint density at radius 3 is 2.50 bits per heavy atom. The fourth-order valence-corrected chi connectivity index (χ4v) is 3.32. The van der Waals surface area contributed by atoms with Crippen LogP contribution in [-0.4, -0.2) is 54.3 Å². The van der Waals surface area contributed by atoms with E-state index in [-0.39, 0.29) is 12.4 Å². The van der Waals surface area contributed by atoms with E-state index in [0.717, 1.165) is 12.8 Å². The lowest BCUT2D eigenvalue weighted by atomic mass is 10.4. The number of amidine groups is 1. The van der Waals surface area contributed by atoms with Crippen LogP contribution in [-0.2, 0) is 10.2 Å². The average molecular weight is 250 g/mol. The van der Waals surface area contributed by atoms with Crippen molar-refractivity contribution in [3.05, 3.63) is 0 Å². The lowest BCUT2D eigenvalue weighted by molar-refractivity contribution is 0.314. The minimum absolute atomic E-state index is 0.0775. The van der Waals surface area contributed by atoms with E-state index < -0.39 is 10.2 Å². The van der Waals surface area contributed by atoms with Crippen molar-refractivity contribution in [3.8, 4) is 0 Å². The van der Waals surface area contributed by atoms with Gasteiger partial charge in [-0.15, -0.1) is 0 Å². The summed E-state index contributed by atoms with van der Waals surface area (Å²) in [6, 6.07) is 0. The summed E-state index contributed by atoms with van der Waals surface area (Å²) in [6.07, 6.45) is 1.78. The molecule has 1 saturated heterocycles. The number of hydrogen-bond acceptors (Lipinski definition) is 4. The van der Waals surface area contributed by atoms with Gasteiger partial charge in [0.15, 0.2) is 5.84 Å². The highest BCUT2D eigenvalue weighted by atomic mass is 32.2. The number of nitrogens with zero attached hydrogens (tertiary/aromatic N) is 3. The molecule has 0 aromatic carbocycles. The lowest BCUT2D eigenvalue weighted by Gasteiger charge is -2.25. The van der Waals surface area contributed by atoms with Crippen molar-refractivity contribution in [3.63, 3.8) is 0 Å². The second-order valence-corrected chi connectivity index (χ2v) is 5.56. The fourth-order valence-electron chi connectivity index (χ4n) is 1.65. The van der Waals surface area contributed by atoms with Gasteiger partial charge in [-0.3, -0.25) is 0 Å². The number of nitrogens with two attached hydrogens (primary N) is 1. The number of hydrogen-bond donors (Lipinski definition) is 2. The minimum atomic E-state index is -3.46. The van der Waals surface area contributed by atoms with Crippen molar-refractivity contribution in [1.82, 2.24) is 8.61 Å². The number of oxime groups is 1. The van der Waals surface area contributed by atoms with Gasteiger partial charge >= 0.3 is 0 Å².